The maximum absolute atomic E-state index is 15.2. The number of nitrogens with two attached hydrogens (primary N) is 3. The van der Waals surface area contributed by atoms with Crippen LogP contribution < -0.4 is 54.6 Å². The standard InChI is InChI=1S/C48H78N12O12/c1-8-27(4)44(57-45(68)32(55-23-39(64)28(5)52-7)19-30-11-13-31(61)14-12-30)48(71)60-35(46(69)53-16-15-41(49)65)20-40(72-25-43(51)67)36(60)22-54-29(6)37(62)21-38(63)34-10-9-17-59(34)47(70)33(18-26(2)3)58-56-24-42(50)66/h11-14,26-29,32-36,40,44,52,54-56,58,61H,8-10,15-25H2,1-7H3,(H2,49,65)(H2,50,66)(H2,51,67)(H,53,69)(H,57,68)/t27-,28-,29-,32-,33-,34-,35?,36?,40?,44?/m0/s1. The summed E-state index contributed by atoms with van der Waals surface area (Å²) in [5.41, 5.74) is 22.2. The maximum atomic E-state index is 15.2. The van der Waals surface area contributed by atoms with Gasteiger partial charge in [-0.25, -0.2) is 10.9 Å². The summed E-state index contributed by atoms with van der Waals surface area (Å²) in [7, 11) is 1.62. The summed E-state index contributed by atoms with van der Waals surface area (Å²) in [5.74, 6) is -6.35. The Bertz CT molecular complexity index is 2060. The van der Waals surface area contributed by atoms with E-state index >= 15 is 4.79 Å². The lowest BCUT2D eigenvalue weighted by Crippen LogP contribution is -2.62. The molecule has 14 N–H and O–H groups in total. The number of amides is 7. The quantitative estimate of drug-likeness (QED) is 0.0246. The summed E-state index contributed by atoms with van der Waals surface area (Å²) < 4.78 is 5.94. The highest BCUT2D eigenvalue weighted by molar-refractivity contribution is 6.05. The monoisotopic (exact) mass is 1010 g/mol. The molecule has 1 aromatic rings. The van der Waals surface area contributed by atoms with E-state index in [0.29, 0.717) is 31.2 Å². The third-order valence-corrected chi connectivity index (χ3v) is 13.1. The first-order chi connectivity index (χ1) is 34.0. The first-order valence-corrected chi connectivity index (χ1v) is 24.6. The largest absolute Gasteiger partial charge is 0.508 e. The Morgan fingerprint density at radius 3 is 2.10 bits per heavy atom. The van der Waals surface area contributed by atoms with Gasteiger partial charge in [0.15, 0.2) is 17.3 Å². The molecule has 0 aliphatic carbocycles. The third-order valence-electron chi connectivity index (χ3n) is 13.1. The highest BCUT2D eigenvalue weighted by Crippen LogP contribution is 2.30. The van der Waals surface area contributed by atoms with Crippen LogP contribution in [0.5, 0.6) is 5.75 Å². The second kappa shape index (κ2) is 29.6. The summed E-state index contributed by atoms with van der Waals surface area (Å²) in [4.78, 5) is 136. The van der Waals surface area contributed by atoms with E-state index in [-0.39, 0.29) is 75.3 Å². The molecule has 0 bridgehead atoms. The van der Waals surface area contributed by atoms with Crippen LogP contribution in [0.15, 0.2) is 24.3 Å². The molecule has 2 aliphatic rings. The molecule has 24 nitrogen and oxygen atoms in total. The number of likely N-dealkylation sites (tertiary alicyclic amines) is 2. The molecule has 7 amide bonds. The number of phenolic OH excluding ortho intramolecular Hbond substituents is 1. The topological polar surface area (TPSA) is 369 Å². The summed E-state index contributed by atoms with van der Waals surface area (Å²) in [6.07, 6.45) is -0.351. The molecule has 10 atom stereocenters. The first-order valence-electron chi connectivity index (χ1n) is 24.6. The van der Waals surface area contributed by atoms with Crippen molar-refractivity contribution < 1.29 is 57.8 Å². The molecule has 24 heteroatoms. The average Bonchev–Trinajstić information content (AvgIpc) is 3.97. The number of Topliss-reactive ketones (excluding diaryl/α,β-unsaturated/α-hetero) is 3. The zero-order valence-corrected chi connectivity index (χ0v) is 42.6. The number of aromatic hydroxyl groups is 1. The van der Waals surface area contributed by atoms with Gasteiger partial charge in [-0.2, -0.15) is 0 Å². The Kier molecular flexibility index (Phi) is 24.8. The van der Waals surface area contributed by atoms with E-state index in [4.69, 9.17) is 21.9 Å². The van der Waals surface area contributed by atoms with E-state index < -0.39 is 120 Å². The number of primary amides is 3. The minimum absolute atomic E-state index is 0.00319. The summed E-state index contributed by atoms with van der Waals surface area (Å²) in [6, 6.07) is -1.86. The number of hydrogen-bond donors (Lipinski definition) is 11. The normalized spacial score (nSPS) is 20.2. The number of carbonyl (C=O) groups is 10. The van der Waals surface area contributed by atoms with Crippen molar-refractivity contribution in [1.29, 1.82) is 0 Å². The highest BCUT2D eigenvalue weighted by Gasteiger charge is 2.50. The lowest BCUT2D eigenvalue weighted by Gasteiger charge is -2.36. The van der Waals surface area contributed by atoms with Gasteiger partial charge in [0.05, 0.1) is 55.8 Å². The number of nitrogens with one attached hydrogen (secondary N) is 7. The van der Waals surface area contributed by atoms with Crippen LogP contribution in [0.3, 0.4) is 0 Å². The maximum Gasteiger partial charge on any atom is 0.246 e. The van der Waals surface area contributed by atoms with Gasteiger partial charge in [-0.1, -0.05) is 46.2 Å². The van der Waals surface area contributed by atoms with Crippen molar-refractivity contribution in [2.45, 2.75) is 147 Å². The van der Waals surface area contributed by atoms with Gasteiger partial charge >= 0.3 is 0 Å². The molecule has 2 aliphatic heterocycles. The number of ether oxygens (including phenoxy) is 1. The molecule has 4 unspecified atom stereocenters. The third kappa shape index (κ3) is 18.6. The van der Waals surface area contributed by atoms with Crippen LogP contribution in [0.2, 0.25) is 0 Å². The molecule has 2 heterocycles. The molecule has 2 fully saturated rings. The zero-order chi connectivity index (χ0) is 53.8. The Balaban J connectivity index is 1.96. The van der Waals surface area contributed by atoms with Crippen molar-refractivity contribution >= 4 is 58.7 Å². The molecular weight excluding hydrogens is 937 g/mol. The fourth-order valence-electron chi connectivity index (χ4n) is 8.61. The van der Waals surface area contributed by atoms with Crippen LogP contribution in [0.4, 0.5) is 0 Å². The van der Waals surface area contributed by atoms with Gasteiger partial charge in [-0.15, -0.1) is 0 Å². The Hall–Kier alpha value is -5.92. The number of likely N-dealkylation sites (N-methyl/N-ethyl adjacent to an activating group) is 1. The number of benzene rings is 1. The SMILES string of the molecule is CC[C@H](C)C(NC(=O)[C@H](Cc1ccc(O)cc1)NCC(=O)[C@H](C)NC)C(=O)N1C(C(=O)NCCC(N)=O)CC(OCC(N)=O)C1CN[C@@H](C)C(=O)CC(=O)[C@@H]1CCCN1C(=O)[C@H](CC(C)C)NNCC(N)=O. The van der Waals surface area contributed by atoms with Crippen molar-refractivity contribution in [2.24, 2.45) is 29.0 Å². The van der Waals surface area contributed by atoms with E-state index in [1.165, 1.54) is 28.9 Å². The van der Waals surface area contributed by atoms with Crippen LogP contribution in [-0.4, -0.2) is 174 Å². The van der Waals surface area contributed by atoms with Gasteiger partial charge in [-0.3, -0.25) is 53.3 Å². The van der Waals surface area contributed by atoms with Crippen LogP contribution in [0, 0.1) is 11.8 Å². The number of ketones is 3. The molecule has 0 spiro atoms. The Morgan fingerprint density at radius 2 is 1.50 bits per heavy atom. The summed E-state index contributed by atoms with van der Waals surface area (Å²) >= 11 is 0. The van der Waals surface area contributed by atoms with Crippen molar-refractivity contribution in [3.05, 3.63) is 29.8 Å². The van der Waals surface area contributed by atoms with Gasteiger partial charge in [0, 0.05) is 32.5 Å². The molecule has 3 rings (SSSR count). The minimum Gasteiger partial charge on any atom is -0.508 e. The van der Waals surface area contributed by atoms with Crippen LogP contribution >= 0.6 is 0 Å². The molecule has 402 valence electrons. The second-order valence-corrected chi connectivity index (χ2v) is 19.1. The molecule has 1 aromatic carbocycles. The predicted molar refractivity (Wildman–Crippen MR) is 264 cm³/mol. The smallest absolute Gasteiger partial charge is 0.246 e. The summed E-state index contributed by atoms with van der Waals surface area (Å²) in [6.45, 7) is 9.39. The molecule has 2 saturated heterocycles. The van der Waals surface area contributed by atoms with E-state index in [0.717, 1.165) is 0 Å². The first kappa shape index (κ1) is 60.4. The molecule has 72 heavy (non-hydrogen) atoms. The highest BCUT2D eigenvalue weighted by atomic mass is 16.5. The molecule has 0 radical (unpaired) electrons. The predicted octanol–water partition coefficient (Wildman–Crippen LogP) is -3.08. The molecule has 0 aromatic heterocycles. The van der Waals surface area contributed by atoms with Crippen molar-refractivity contribution in [1.82, 2.24) is 47.2 Å². The number of carbonyl (C=O) groups excluding carboxylic acids is 10. The Labute approximate surface area is 421 Å². The number of hydrogen-bond acceptors (Lipinski definition) is 17. The fourth-order valence-corrected chi connectivity index (χ4v) is 8.61. The average molecular weight is 1020 g/mol. The van der Waals surface area contributed by atoms with Gasteiger partial charge in [0.25, 0.3) is 0 Å². The molecular formula is C48H78N12O12. The van der Waals surface area contributed by atoms with Crippen molar-refractivity contribution in [2.75, 3.05) is 46.4 Å². The van der Waals surface area contributed by atoms with Crippen molar-refractivity contribution in [3.63, 3.8) is 0 Å². The van der Waals surface area contributed by atoms with Gasteiger partial charge in [0.1, 0.15) is 30.5 Å². The van der Waals surface area contributed by atoms with Crippen LogP contribution in [0.1, 0.15) is 92.1 Å². The van der Waals surface area contributed by atoms with E-state index in [2.05, 4.69) is 37.4 Å². The van der Waals surface area contributed by atoms with E-state index in [1.807, 2.05) is 13.8 Å². The number of phenols is 1. The van der Waals surface area contributed by atoms with Crippen LogP contribution in [0.25, 0.3) is 0 Å². The summed E-state index contributed by atoms with van der Waals surface area (Å²) in [5, 5.41) is 24.4. The number of nitrogens with zero attached hydrogens (tertiary/aromatic N) is 2. The molecule has 0 saturated carbocycles. The fraction of sp³-hybridized carbons (Fsp3) is 0.667. The van der Waals surface area contributed by atoms with Gasteiger partial charge in [-0.05, 0) is 76.1 Å². The number of hydrazine groups is 1. The van der Waals surface area contributed by atoms with Crippen LogP contribution in [-0.2, 0) is 59.1 Å². The van der Waals surface area contributed by atoms with E-state index in [1.54, 1.807) is 40.0 Å². The number of rotatable bonds is 33. The van der Waals surface area contributed by atoms with E-state index in [9.17, 15) is 48.3 Å². The Morgan fingerprint density at radius 1 is 0.819 bits per heavy atom. The second-order valence-electron chi connectivity index (χ2n) is 19.1. The minimum atomic E-state index is -1.30. The van der Waals surface area contributed by atoms with Crippen molar-refractivity contribution in [3.8, 4) is 5.75 Å². The lowest BCUT2D eigenvalue weighted by atomic mass is 9.95. The van der Waals surface area contributed by atoms with Gasteiger partial charge < -0.3 is 58.1 Å². The van der Waals surface area contributed by atoms with Gasteiger partial charge in [0.2, 0.25) is 41.4 Å². The lowest BCUT2D eigenvalue weighted by molar-refractivity contribution is -0.145. The zero-order valence-electron chi connectivity index (χ0n) is 42.6.